The van der Waals surface area contributed by atoms with Crippen molar-refractivity contribution in [3.63, 3.8) is 0 Å². The Kier molecular flexibility index (Phi) is 11.0. The third-order valence-corrected chi connectivity index (χ3v) is 1.66. The maximum Gasteiger partial charge on any atom is 0.335 e. The van der Waals surface area contributed by atoms with Crippen molar-refractivity contribution in [3.8, 4) is 0 Å². The summed E-state index contributed by atoms with van der Waals surface area (Å²) in [5, 5.41) is 0.558. The van der Waals surface area contributed by atoms with E-state index in [9.17, 15) is 14.4 Å². The molecule has 0 aromatic rings. The monoisotopic (exact) mass is 274 g/mol. The maximum absolute atomic E-state index is 11.0. The molecular weight excluding hydrogens is 248 g/mol. The number of rotatable bonds is 2. The lowest BCUT2D eigenvalue weighted by molar-refractivity contribution is -0.199. The van der Waals surface area contributed by atoms with Crippen LogP contribution in [0.25, 0.3) is 0 Å². The van der Waals surface area contributed by atoms with Crippen LogP contribution in [0, 0.1) is 11.8 Å². The number of carbonyl (C=O) groups excluding carboxylic acids is 3. The molecule has 1 heterocycles. The van der Waals surface area contributed by atoms with Gasteiger partial charge in [0.1, 0.15) is 0 Å². The van der Waals surface area contributed by atoms with Gasteiger partial charge in [-0.3, -0.25) is 9.59 Å². The quantitative estimate of drug-likeness (QED) is 0.770. The van der Waals surface area contributed by atoms with Gasteiger partial charge >= 0.3 is 5.97 Å². The van der Waals surface area contributed by atoms with Crippen LogP contribution in [0.2, 0.25) is 0 Å². The van der Waals surface area contributed by atoms with Crippen molar-refractivity contribution in [2.75, 3.05) is 7.05 Å². The van der Waals surface area contributed by atoms with Gasteiger partial charge in [-0.2, -0.15) is 0 Å². The minimum absolute atomic E-state index is 0.129. The fraction of sp³-hybridized carbons (Fsp3) is 0.769. The maximum atomic E-state index is 11.0. The summed E-state index contributed by atoms with van der Waals surface area (Å²) >= 11 is 0. The molecule has 1 aliphatic heterocycles. The topological polar surface area (TPSA) is 89.7 Å². The molecule has 0 spiro atoms. The lowest BCUT2D eigenvalue weighted by Crippen LogP contribution is -2.33. The minimum Gasteiger partial charge on any atom is -0.333 e. The smallest absolute Gasteiger partial charge is 0.333 e. The van der Waals surface area contributed by atoms with E-state index in [0.29, 0.717) is 5.06 Å². The van der Waals surface area contributed by atoms with Crippen LogP contribution in [0.5, 0.6) is 0 Å². The summed E-state index contributed by atoms with van der Waals surface area (Å²) in [5.41, 5.74) is 4.50. The molecule has 6 heteroatoms. The third kappa shape index (κ3) is 9.18. The van der Waals surface area contributed by atoms with E-state index in [1.165, 1.54) is 7.05 Å². The fourth-order valence-electron chi connectivity index (χ4n) is 0.853. The molecule has 0 aromatic heterocycles. The van der Waals surface area contributed by atoms with Gasteiger partial charge in [-0.05, 0) is 13.0 Å². The van der Waals surface area contributed by atoms with Gasteiger partial charge in [0.25, 0.3) is 11.8 Å². The number of nitrogens with zero attached hydrogens (tertiary/aromatic N) is 1. The van der Waals surface area contributed by atoms with E-state index >= 15 is 0 Å². The first kappa shape index (κ1) is 19.9. The summed E-state index contributed by atoms with van der Waals surface area (Å²) in [6.07, 6.45) is 0.258. The summed E-state index contributed by atoms with van der Waals surface area (Å²) in [5.74, 6) is -0.970. The van der Waals surface area contributed by atoms with E-state index in [0.717, 1.165) is 5.92 Å². The second-order valence-corrected chi connectivity index (χ2v) is 4.88. The molecule has 6 nitrogen and oxygen atoms in total. The zero-order valence-corrected chi connectivity index (χ0v) is 12.7. The van der Waals surface area contributed by atoms with Crippen LogP contribution < -0.4 is 5.73 Å². The zero-order valence-electron chi connectivity index (χ0n) is 12.7. The summed E-state index contributed by atoms with van der Waals surface area (Å²) in [4.78, 5) is 37.6. The van der Waals surface area contributed by atoms with Crippen molar-refractivity contribution in [2.24, 2.45) is 17.6 Å². The van der Waals surface area contributed by atoms with Gasteiger partial charge < -0.3 is 10.6 Å². The molecule has 1 fully saturated rings. The van der Waals surface area contributed by atoms with Gasteiger partial charge in [0.15, 0.2) is 0 Å². The summed E-state index contributed by atoms with van der Waals surface area (Å²) in [6.45, 7) is 9.76. The Hall–Kier alpha value is -1.43. The molecule has 0 aliphatic carbocycles. The van der Waals surface area contributed by atoms with Crippen molar-refractivity contribution in [1.82, 2.24) is 5.06 Å². The van der Waals surface area contributed by atoms with Crippen LogP contribution in [0.15, 0.2) is 0 Å². The molecular formula is C13H26N2O4. The Morgan fingerprint density at radius 1 is 1.05 bits per heavy atom. The molecule has 1 aliphatic rings. The standard InChI is InChI=1S/C8H11NO4.C4H10.CH5N/c1-5(2)8(12)13-9-6(10)3-4-7(9)11;1-4(2)3;1-2/h5H,3-4H2,1-2H3;4H,1-3H3;2H2,1H3. The molecule has 0 aromatic carbocycles. The predicted octanol–water partition coefficient (Wildman–Crippen LogP) is 1.49. The largest absolute Gasteiger partial charge is 0.335 e. The van der Waals surface area contributed by atoms with Crippen LogP contribution in [0.4, 0.5) is 0 Å². The first-order valence-electron chi connectivity index (χ1n) is 6.41. The molecule has 0 bridgehead atoms. The Morgan fingerprint density at radius 2 is 1.37 bits per heavy atom. The van der Waals surface area contributed by atoms with Gasteiger partial charge in [0.05, 0.1) is 5.92 Å². The number of amides is 2. The Bertz CT molecular complexity index is 282. The highest BCUT2D eigenvalue weighted by Crippen LogP contribution is 2.13. The summed E-state index contributed by atoms with van der Waals surface area (Å²) in [6, 6.07) is 0. The van der Waals surface area contributed by atoms with E-state index < -0.39 is 17.8 Å². The SMILES string of the molecule is CC(C)C.CC(C)C(=O)ON1C(=O)CCC1=O.CN. The van der Waals surface area contributed by atoms with Crippen molar-refractivity contribution in [3.05, 3.63) is 0 Å². The summed E-state index contributed by atoms with van der Waals surface area (Å²) < 4.78 is 0. The number of hydroxylamine groups is 2. The highest BCUT2D eigenvalue weighted by molar-refractivity contribution is 6.01. The molecule has 1 saturated heterocycles. The van der Waals surface area contributed by atoms with E-state index in [1.54, 1.807) is 13.8 Å². The molecule has 0 saturated carbocycles. The number of imide groups is 1. The highest BCUT2D eigenvalue weighted by Gasteiger charge is 2.33. The third-order valence-electron chi connectivity index (χ3n) is 1.66. The molecule has 1 rings (SSSR count). The number of carbonyl (C=O) groups is 3. The van der Waals surface area contributed by atoms with E-state index in [4.69, 9.17) is 0 Å². The van der Waals surface area contributed by atoms with Crippen LogP contribution in [-0.2, 0) is 19.2 Å². The summed E-state index contributed by atoms with van der Waals surface area (Å²) in [7, 11) is 1.50. The fourth-order valence-corrected chi connectivity index (χ4v) is 0.853. The van der Waals surface area contributed by atoms with Crippen LogP contribution in [0.1, 0.15) is 47.5 Å². The molecule has 2 N–H and O–H groups in total. The molecule has 112 valence electrons. The van der Waals surface area contributed by atoms with Crippen LogP contribution in [-0.4, -0.2) is 29.9 Å². The molecule has 0 unspecified atom stereocenters. The predicted molar refractivity (Wildman–Crippen MR) is 72.6 cm³/mol. The van der Waals surface area contributed by atoms with Crippen LogP contribution in [0.3, 0.4) is 0 Å². The van der Waals surface area contributed by atoms with Gasteiger partial charge in [0, 0.05) is 12.8 Å². The van der Waals surface area contributed by atoms with E-state index in [-0.39, 0.29) is 18.8 Å². The lowest BCUT2D eigenvalue weighted by atomic mass is 10.2. The van der Waals surface area contributed by atoms with Gasteiger partial charge in [0.2, 0.25) is 0 Å². The second-order valence-electron chi connectivity index (χ2n) is 4.88. The Labute approximate surface area is 115 Å². The van der Waals surface area contributed by atoms with Crippen molar-refractivity contribution in [2.45, 2.75) is 47.5 Å². The minimum atomic E-state index is -0.566. The average molecular weight is 274 g/mol. The lowest BCUT2D eigenvalue weighted by Gasteiger charge is -2.13. The number of hydrogen-bond acceptors (Lipinski definition) is 5. The Balaban J connectivity index is 0. The second kappa shape index (κ2) is 10.5. The van der Waals surface area contributed by atoms with Gasteiger partial charge in [-0.1, -0.05) is 34.6 Å². The highest BCUT2D eigenvalue weighted by atomic mass is 16.7. The number of hydrogen-bond donors (Lipinski definition) is 1. The van der Waals surface area contributed by atoms with Gasteiger partial charge in [-0.25, -0.2) is 4.79 Å². The van der Waals surface area contributed by atoms with E-state index in [1.807, 2.05) is 0 Å². The van der Waals surface area contributed by atoms with Crippen molar-refractivity contribution >= 4 is 17.8 Å². The zero-order chi connectivity index (χ0) is 15.6. The molecule has 0 atom stereocenters. The van der Waals surface area contributed by atoms with E-state index in [2.05, 4.69) is 31.3 Å². The first-order chi connectivity index (χ1) is 8.75. The molecule has 2 amide bonds. The average Bonchev–Trinajstić information content (AvgIpc) is 2.62. The molecule has 19 heavy (non-hydrogen) atoms. The number of nitrogens with two attached hydrogens (primary N) is 1. The first-order valence-corrected chi connectivity index (χ1v) is 6.41. The Morgan fingerprint density at radius 3 is 1.63 bits per heavy atom. The molecule has 0 radical (unpaired) electrons. The van der Waals surface area contributed by atoms with Crippen molar-refractivity contribution < 1.29 is 19.2 Å². The van der Waals surface area contributed by atoms with Crippen LogP contribution >= 0.6 is 0 Å². The van der Waals surface area contributed by atoms with Crippen molar-refractivity contribution in [1.29, 1.82) is 0 Å². The normalized spacial score (nSPS) is 13.8. The van der Waals surface area contributed by atoms with Gasteiger partial charge in [-0.15, -0.1) is 5.06 Å².